The number of aromatic nitrogens is 2. The van der Waals surface area contributed by atoms with Crippen LogP contribution in [-0.4, -0.2) is 23.1 Å². The molecule has 0 amide bonds. The first-order valence-electron chi connectivity index (χ1n) is 7.86. The van der Waals surface area contributed by atoms with Crippen LogP contribution in [0.15, 0.2) is 10.7 Å². The molecule has 1 heterocycles. The molecular formula is C17H28BrN3. The lowest BCUT2D eigenvalue weighted by Gasteiger charge is -2.39. The second-order valence-electron chi connectivity index (χ2n) is 8.13. The molecule has 0 N–H and O–H groups in total. The second kappa shape index (κ2) is 5.86. The molecule has 0 spiro atoms. The monoisotopic (exact) mass is 353 g/mol. The van der Waals surface area contributed by atoms with Gasteiger partial charge in [0.05, 0.1) is 0 Å². The molecule has 0 aromatic carbocycles. The summed E-state index contributed by atoms with van der Waals surface area (Å²) in [6.45, 7) is 11.2. The molecule has 0 aliphatic heterocycles. The van der Waals surface area contributed by atoms with Crippen molar-refractivity contribution >= 4 is 21.7 Å². The van der Waals surface area contributed by atoms with Crippen LogP contribution in [0.1, 0.15) is 66.1 Å². The summed E-state index contributed by atoms with van der Waals surface area (Å²) in [4.78, 5) is 11.7. The molecule has 3 nitrogen and oxygen atoms in total. The van der Waals surface area contributed by atoms with Crippen LogP contribution in [0.4, 0.5) is 5.82 Å². The van der Waals surface area contributed by atoms with Gasteiger partial charge in [-0.3, -0.25) is 0 Å². The Labute approximate surface area is 137 Å². The van der Waals surface area contributed by atoms with E-state index in [4.69, 9.17) is 4.98 Å². The summed E-state index contributed by atoms with van der Waals surface area (Å²) in [7, 11) is 2.17. The van der Waals surface area contributed by atoms with Crippen LogP contribution in [0.5, 0.6) is 0 Å². The molecule has 0 unspecified atom stereocenters. The number of nitrogens with zero attached hydrogens (tertiary/aromatic N) is 3. The highest BCUT2D eigenvalue weighted by Crippen LogP contribution is 2.37. The zero-order valence-corrected chi connectivity index (χ0v) is 15.8. The van der Waals surface area contributed by atoms with Gasteiger partial charge in [-0.15, -0.1) is 0 Å². The first-order chi connectivity index (χ1) is 9.58. The summed E-state index contributed by atoms with van der Waals surface area (Å²) in [6, 6.07) is 2.63. The normalized spacial score (nSPS) is 19.6. The fourth-order valence-electron chi connectivity index (χ4n) is 2.88. The van der Waals surface area contributed by atoms with Gasteiger partial charge in [0.1, 0.15) is 16.2 Å². The van der Waals surface area contributed by atoms with Crippen LogP contribution < -0.4 is 4.90 Å². The van der Waals surface area contributed by atoms with Crippen molar-refractivity contribution in [3.8, 4) is 0 Å². The van der Waals surface area contributed by atoms with Crippen molar-refractivity contribution in [2.24, 2.45) is 5.41 Å². The largest absolute Gasteiger partial charge is 0.357 e. The maximum Gasteiger partial charge on any atom is 0.137 e. The third-order valence-corrected chi connectivity index (χ3v) is 4.98. The molecule has 0 atom stereocenters. The highest BCUT2D eigenvalue weighted by molar-refractivity contribution is 9.10. The van der Waals surface area contributed by atoms with Crippen molar-refractivity contribution < 1.29 is 0 Å². The molecule has 1 aromatic rings. The predicted molar refractivity (Wildman–Crippen MR) is 92.9 cm³/mol. The highest BCUT2D eigenvalue weighted by Gasteiger charge is 2.30. The van der Waals surface area contributed by atoms with Crippen LogP contribution in [-0.2, 0) is 5.41 Å². The fourth-order valence-corrected chi connectivity index (χ4v) is 3.25. The molecule has 1 saturated carbocycles. The van der Waals surface area contributed by atoms with E-state index in [1.807, 2.05) is 6.07 Å². The molecule has 1 fully saturated rings. The molecular weight excluding hydrogens is 326 g/mol. The lowest BCUT2D eigenvalue weighted by Crippen LogP contribution is -2.38. The minimum atomic E-state index is -0.0338. The van der Waals surface area contributed by atoms with Crippen molar-refractivity contribution in [3.05, 3.63) is 16.5 Å². The summed E-state index contributed by atoms with van der Waals surface area (Å²) in [5.41, 5.74) is 0.466. The SMILES string of the molecule is CN(c1cc(Br)nc(C(C)(C)C)n1)C1CCC(C)(C)CC1. The van der Waals surface area contributed by atoms with Gasteiger partial charge in [0, 0.05) is 24.6 Å². The lowest BCUT2D eigenvalue weighted by atomic mass is 9.75. The molecule has 1 aliphatic rings. The van der Waals surface area contributed by atoms with E-state index in [1.165, 1.54) is 25.7 Å². The van der Waals surface area contributed by atoms with Gasteiger partial charge in [-0.2, -0.15) is 0 Å². The van der Waals surface area contributed by atoms with Crippen molar-refractivity contribution in [2.75, 3.05) is 11.9 Å². The van der Waals surface area contributed by atoms with E-state index in [9.17, 15) is 0 Å². The minimum absolute atomic E-state index is 0.0338. The van der Waals surface area contributed by atoms with Gasteiger partial charge in [0.15, 0.2) is 0 Å². The lowest BCUT2D eigenvalue weighted by molar-refractivity contribution is 0.222. The molecule has 4 heteroatoms. The van der Waals surface area contributed by atoms with Crippen LogP contribution in [0.25, 0.3) is 0 Å². The first-order valence-corrected chi connectivity index (χ1v) is 8.66. The molecule has 0 bridgehead atoms. The van der Waals surface area contributed by atoms with E-state index in [0.29, 0.717) is 11.5 Å². The van der Waals surface area contributed by atoms with E-state index in [2.05, 4.69) is 67.5 Å². The highest BCUT2D eigenvalue weighted by atomic mass is 79.9. The molecule has 1 aromatic heterocycles. The Morgan fingerprint density at radius 1 is 1.19 bits per heavy atom. The number of anilines is 1. The summed E-state index contributed by atoms with van der Waals surface area (Å²) >= 11 is 3.54. The topological polar surface area (TPSA) is 29.0 Å². The van der Waals surface area contributed by atoms with E-state index in [0.717, 1.165) is 16.2 Å². The van der Waals surface area contributed by atoms with Crippen LogP contribution in [0, 0.1) is 5.41 Å². The Kier molecular flexibility index (Phi) is 4.67. The zero-order valence-electron chi connectivity index (χ0n) is 14.2. The van der Waals surface area contributed by atoms with E-state index < -0.39 is 0 Å². The van der Waals surface area contributed by atoms with Crippen molar-refractivity contribution in [3.63, 3.8) is 0 Å². The molecule has 1 aliphatic carbocycles. The van der Waals surface area contributed by atoms with Crippen molar-refractivity contribution in [1.82, 2.24) is 9.97 Å². The molecule has 118 valence electrons. The van der Waals surface area contributed by atoms with Gasteiger partial charge in [0.25, 0.3) is 0 Å². The number of halogens is 1. The van der Waals surface area contributed by atoms with Gasteiger partial charge in [-0.1, -0.05) is 34.6 Å². The third kappa shape index (κ3) is 4.18. The number of rotatable bonds is 2. The smallest absolute Gasteiger partial charge is 0.137 e. The van der Waals surface area contributed by atoms with Gasteiger partial charge >= 0.3 is 0 Å². The fraction of sp³-hybridized carbons (Fsp3) is 0.765. The van der Waals surface area contributed by atoms with Crippen LogP contribution in [0.2, 0.25) is 0 Å². The van der Waals surface area contributed by atoms with E-state index >= 15 is 0 Å². The van der Waals surface area contributed by atoms with E-state index in [1.54, 1.807) is 0 Å². The Morgan fingerprint density at radius 2 is 1.76 bits per heavy atom. The number of hydrogen-bond donors (Lipinski definition) is 0. The average Bonchev–Trinajstić information content (AvgIpc) is 2.36. The van der Waals surface area contributed by atoms with Gasteiger partial charge in [0.2, 0.25) is 0 Å². The molecule has 0 saturated heterocycles. The Hall–Kier alpha value is -0.640. The summed E-state index contributed by atoms with van der Waals surface area (Å²) in [5, 5.41) is 0. The molecule has 0 radical (unpaired) electrons. The standard InChI is InChI=1S/C17H28BrN3/c1-16(2,3)15-19-13(18)11-14(20-15)21(6)12-7-9-17(4,5)10-8-12/h11-12H,7-10H2,1-6H3. The third-order valence-electron chi connectivity index (χ3n) is 4.57. The average molecular weight is 354 g/mol. The summed E-state index contributed by atoms with van der Waals surface area (Å²) < 4.78 is 0.875. The van der Waals surface area contributed by atoms with Gasteiger partial charge in [-0.25, -0.2) is 9.97 Å². The quantitative estimate of drug-likeness (QED) is 0.705. The van der Waals surface area contributed by atoms with Gasteiger partial charge in [-0.05, 0) is 47.0 Å². The Morgan fingerprint density at radius 3 is 2.29 bits per heavy atom. The molecule has 21 heavy (non-hydrogen) atoms. The Balaban J connectivity index is 2.20. The maximum atomic E-state index is 4.80. The van der Waals surface area contributed by atoms with Crippen LogP contribution >= 0.6 is 15.9 Å². The Bertz CT molecular complexity index is 495. The number of hydrogen-bond acceptors (Lipinski definition) is 3. The predicted octanol–water partition coefficient (Wildman–Crippen LogP) is 4.94. The zero-order chi connectivity index (χ0) is 15.8. The summed E-state index contributed by atoms with van der Waals surface area (Å²) in [5.74, 6) is 1.93. The van der Waals surface area contributed by atoms with Crippen molar-refractivity contribution in [2.45, 2.75) is 71.8 Å². The van der Waals surface area contributed by atoms with Gasteiger partial charge < -0.3 is 4.90 Å². The maximum absolute atomic E-state index is 4.80. The second-order valence-corrected chi connectivity index (χ2v) is 8.94. The molecule has 2 rings (SSSR count). The minimum Gasteiger partial charge on any atom is -0.357 e. The van der Waals surface area contributed by atoms with Crippen LogP contribution in [0.3, 0.4) is 0 Å². The summed E-state index contributed by atoms with van der Waals surface area (Å²) in [6.07, 6.45) is 5.08. The van der Waals surface area contributed by atoms with Crippen molar-refractivity contribution in [1.29, 1.82) is 0 Å². The van der Waals surface area contributed by atoms with E-state index in [-0.39, 0.29) is 5.41 Å². The first kappa shape index (κ1) is 16.7.